The Bertz CT molecular complexity index is 855. The highest BCUT2D eigenvalue weighted by Crippen LogP contribution is 2.30. The molecule has 1 aromatic heterocycles. The lowest BCUT2D eigenvalue weighted by Gasteiger charge is -2.20. The first-order valence-electron chi connectivity index (χ1n) is 8.16. The van der Waals surface area contributed by atoms with Crippen LogP contribution in [0.3, 0.4) is 0 Å². The van der Waals surface area contributed by atoms with Gasteiger partial charge < -0.3 is 15.0 Å². The fourth-order valence-electron chi connectivity index (χ4n) is 2.60. The number of rotatable bonds is 1. The van der Waals surface area contributed by atoms with Crippen LogP contribution in [0.4, 0.5) is 5.82 Å². The monoisotopic (exact) mass is 415 g/mol. The lowest BCUT2D eigenvalue weighted by Crippen LogP contribution is -2.31. The first kappa shape index (κ1) is 18.1. The number of halogens is 1. The molecule has 1 amide bonds. The third-order valence-electron chi connectivity index (χ3n) is 3.93. The van der Waals surface area contributed by atoms with Gasteiger partial charge in [-0.25, -0.2) is 4.98 Å². The van der Waals surface area contributed by atoms with Gasteiger partial charge in [0.25, 0.3) is 5.91 Å². The van der Waals surface area contributed by atoms with Crippen LogP contribution in [-0.2, 0) is 0 Å². The smallest absolute Gasteiger partial charge is 0.260 e. The van der Waals surface area contributed by atoms with Crippen molar-refractivity contribution < 1.29 is 9.53 Å². The van der Waals surface area contributed by atoms with Gasteiger partial charge in [0, 0.05) is 6.54 Å². The van der Waals surface area contributed by atoms with Gasteiger partial charge in [-0.15, -0.1) is 0 Å². The second-order valence-corrected chi connectivity index (χ2v) is 6.56. The summed E-state index contributed by atoms with van der Waals surface area (Å²) in [5.74, 6) is 0.621. The number of para-hydroxylation sites is 1. The zero-order valence-corrected chi connectivity index (χ0v) is 15.5. The van der Waals surface area contributed by atoms with Crippen LogP contribution in [-0.4, -0.2) is 41.1 Å². The van der Waals surface area contributed by atoms with E-state index in [1.807, 2.05) is 6.07 Å². The molecule has 0 fully saturated rings. The van der Waals surface area contributed by atoms with Gasteiger partial charge in [-0.2, -0.15) is 0 Å². The fourth-order valence-corrected chi connectivity index (χ4v) is 3.08. The number of carbonyl (C=O) groups is 1. The van der Waals surface area contributed by atoms with E-state index in [-0.39, 0.29) is 11.7 Å². The summed E-state index contributed by atoms with van der Waals surface area (Å²) in [6.07, 6.45) is 2.59. The molecular formula is C18H18BrN5O2. The van der Waals surface area contributed by atoms with Gasteiger partial charge in [-0.3, -0.25) is 15.6 Å². The van der Waals surface area contributed by atoms with Gasteiger partial charge in [0.1, 0.15) is 17.3 Å². The van der Waals surface area contributed by atoms with Crippen molar-refractivity contribution in [1.82, 2.24) is 9.88 Å². The van der Waals surface area contributed by atoms with Crippen LogP contribution < -0.4 is 10.1 Å². The number of benzene rings is 1. The highest BCUT2D eigenvalue weighted by molar-refractivity contribution is 9.10. The molecule has 0 atom stereocenters. The van der Waals surface area contributed by atoms with Crippen LogP contribution in [0.2, 0.25) is 0 Å². The van der Waals surface area contributed by atoms with Crippen LogP contribution in [0.1, 0.15) is 28.9 Å². The first-order valence-corrected chi connectivity index (χ1v) is 8.95. The van der Waals surface area contributed by atoms with E-state index in [1.165, 1.54) is 4.90 Å². The summed E-state index contributed by atoms with van der Waals surface area (Å²) in [6.45, 7) is 0.957. The lowest BCUT2D eigenvalue weighted by molar-refractivity contribution is 0.102. The highest BCUT2D eigenvalue weighted by atomic mass is 79.9. The van der Waals surface area contributed by atoms with Gasteiger partial charge >= 0.3 is 0 Å². The number of pyridine rings is 1. The average Bonchev–Trinajstić information content (AvgIpc) is 2.64. The quantitative estimate of drug-likeness (QED) is 0.489. The Hall–Kier alpha value is -2.74. The standard InChI is InChI=1S/C18H18BrN5O2/c19-13-6-3-5-12-16(13)26-10-2-1-9-24(11-20)17(21)14-7-4-8-15(22-14)23-18(12)25/h3-8,11,20-21H,1-2,9-10H2,(H,22,23,25). The number of amides is 1. The van der Waals surface area contributed by atoms with E-state index in [0.717, 1.165) is 19.2 Å². The van der Waals surface area contributed by atoms with Crippen LogP contribution in [0.25, 0.3) is 0 Å². The number of nitrogens with one attached hydrogen (secondary N) is 3. The minimum absolute atomic E-state index is 0.122. The molecule has 0 radical (unpaired) electrons. The van der Waals surface area contributed by atoms with Crippen molar-refractivity contribution in [3.8, 4) is 5.75 Å². The second kappa shape index (κ2) is 8.09. The second-order valence-electron chi connectivity index (χ2n) is 5.71. The molecular weight excluding hydrogens is 398 g/mol. The number of aromatic nitrogens is 1. The number of carbonyl (C=O) groups excluding carboxylic acids is 1. The molecule has 1 aliphatic rings. The molecule has 7 nitrogen and oxygen atoms in total. The Kier molecular flexibility index (Phi) is 5.62. The number of amidine groups is 1. The van der Waals surface area contributed by atoms with E-state index in [4.69, 9.17) is 15.6 Å². The van der Waals surface area contributed by atoms with Gasteiger partial charge in [0.15, 0.2) is 5.84 Å². The number of hydrogen-bond donors (Lipinski definition) is 3. The zero-order valence-electron chi connectivity index (χ0n) is 14.0. The molecule has 8 heteroatoms. The molecule has 0 aliphatic carbocycles. The van der Waals surface area contributed by atoms with Crippen molar-refractivity contribution in [2.75, 3.05) is 18.5 Å². The van der Waals surface area contributed by atoms with E-state index in [1.54, 1.807) is 30.3 Å². The third-order valence-corrected chi connectivity index (χ3v) is 4.55. The summed E-state index contributed by atoms with van der Waals surface area (Å²) in [5.41, 5.74) is 0.814. The maximum atomic E-state index is 12.7. The van der Waals surface area contributed by atoms with Crippen LogP contribution in [0, 0.1) is 10.8 Å². The Morgan fingerprint density at radius 2 is 2.04 bits per heavy atom. The zero-order chi connectivity index (χ0) is 18.5. The molecule has 2 heterocycles. The van der Waals surface area contributed by atoms with E-state index in [0.29, 0.717) is 40.4 Å². The SMILES string of the molecule is N=CN1CCCCOc2c(Br)cccc2C(=O)Nc2cccc(n2)C1=N. The Balaban J connectivity index is 1.99. The topological polar surface area (TPSA) is 102 Å². The van der Waals surface area contributed by atoms with Crippen molar-refractivity contribution in [2.45, 2.75) is 12.8 Å². The van der Waals surface area contributed by atoms with Gasteiger partial charge in [-0.1, -0.05) is 12.1 Å². The molecule has 1 aliphatic heterocycles. The normalized spacial score (nSPS) is 15.3. The van der Waals surface area contributed by atoms with E-state index in [2.05, 4.69) is 26.2 Å². The Morgan fingerprint density at radius 3 is 2.85 bits per heavy atom. The van der Waals surface area contributed by atoms with Crippen LogP contribution in [0.5, 0.6) is 5.75 Å². The van der Waals surface area contributed by atoms with Crippen LogP contribution in [0.15, 0.2) is 40.9 Å². The molecule has 0 saturated carbocycles. The van der Waals surface area contributed by atoms with Crippen molar-refractivity contribution in [2.24, 2.45) is 0 Å². The summed E-state index contributed by atoms with van der Waals surface area (Å²) in [7, 11) is 0. The third kappa shape index (κ3) is 3.91. The number of ether oxygens (including phenoxy) is 1. The van der Waals surface area contributed by atoms with E-state index < -0.39 is 0 Å². The fraction of sp³-hybridized carbons (Fsp3) is 0.222. The van der Waals surface area contributed by atoms with Gasteiger partial charge in [-0.05, 0) is 53.0 Å². The summed E-state index contributed by atoms with van der Waals surface area (Å²) in [4.78, 5) is 18.5. The molecule has 0 saturated heterocycles. The molecule has 2 aromatic rings. The largest absolute Gasteiger partial charge is 0.492 e. The summed E-state index contributed by atoms with van der Waals surface area (Å²) in [5, 5.41) is 18.6. The van der Waals surface area contributed by atoms with Crippen molar-refractivity contribution in [3.63, 3.8) is 0 Å². The summed E-state index contributed by atoms with van der Waals surface area (Å²) >= 11 is 3.43. The highest BCUT2D eigenvalue weighted by Gasteiger charge is 2.18. The number of fused-ring (bicyclic) bond motifs is 3. The molecule has 134 valence electrons. The minimum Gasteiger partial charge on any atom is -0.492 e. The maximum Gasteiger partial charge on any atom is 0.260 e. The van der Waals surface area contributed by atoms with Crippen LogP contribution >= 0.6 is 15.9 Å². The maximum absolute atomic E-state index is 12.7. The van der Waals surface area contributed by atoms with E-state index in [9.17, 15) is 4.79 Å². The summed E-state index contributed by atoms with van der Waals surface area (Å²) in [6, 6.07) is 10.4. The molecule has 1 aromatic carbocycles. The summed E-state index contributed by atoms with van der Waals surface area (Å²) < 4.78 is 6.54. The molecule has 3 N–H and O–H groups in total. The predicted molar refractivity (Wildman–Crippen MR) is 103 cm³/mol. The number of hydrogen-bond acceptors (Lipinski definition) is 5. The average molecular weight is 416 g/mol. The van der Waals surface area contributed by atoms with Gasteiger partial charge in [0.2, 0.25) is 0 Å². The van der Waals surface area contributed by atoms with E-state index >= 15 is 0 Å². The van der Waals surface area contributed by atoms with Crippen molar-refractivity contribution in [3.05, 3.63) is 52.1 Å². The Morgan fingerprint density at radius 1 is 1.23 bits per heavy atom. The van der Waals surface area contributed by atoms with Crippen molar-refractivity contribution in [1.29, 1.82) is 10.8 Å². The van der Waals surface area contributed by atoms with Gasteiger partial charge in [0.05, 0.1) is 23.0 Å². The lowest BCUT2D eigenvalue weighted by atomic mass is 10.2. The minimum atomic E-state index is -0.335. The first-order chi connectivity index (χ1) is 12.6. The molecule has 0 unspecified atom stereocenters. The molecule has 2 bridgehead atoms. The Labute approximate surface area is 159 Å². The molecule has 3 rings (SSSR count). The number of nitrogens with zero attached hydrogens (tertiary/aromatic N) is 2. The molecule has 26 heavy (non-hydrogen) atoms. The predicted octanol–water partition coefficient (Wildman–Crippen LogP) is 3.50. The van der Waals surface area contributed by atoms with Crippen molar-refractivity contribution >= 4 is 39.8 Å². The number of anilines is 1. The molecule has 0 spiro atoms.